The van der Waals surface area contributed by atoms with Crippen molar-refractivity contribution in [1.29, 1.82) is 0 Å². The number of anilines is 1. The zero-order valence-electron chi connectivity index (χ0n) is 16.5. The van der Waals surface area contributed by atoms with Gasteiger partial charge < -0.3 is 19.9 Å². The molecule has 0 aromatic carbocycles. The summed E-state index contributed by atoms with van der Waals surface area (Å²) in [4.78, 5) is 35.9. The van der Waals surface area contributed by atoms with Gasteiger partial charge in [-0.3, -0.25) is 14.5 Å². The fraction of sp³-hybridized carbons (Fsp3) is 0.476. The normalized spacial score (nSPS) is 18.6. The van der Waals surface area contributed by atoms with Gasteiger partial charge in [-0.05, 0) is 31.0 Å². The molecule has 1 amide bonds. The van der Waals surface area contributed by atoms with Crippen molar-refractivity contribution in [3.8, 4) is 0 Å². The summed E-state index contributed by atoms with van der Waals surface area (Å²) < 4.78 is 5.43. The van der Waals surface area contributed by atoms with Gasteiger partial charge >= 0.3 is 0 Å². The summed E-state index contributed by atoms with van der Waals surface area (Å²) in [6.07, 6.45) is 5.22. The number of carbonyl (C=O) groups is 1. The Bertz CT molecular complexity index is 868. The minimum absolute atomic E-state index is 0.0315. The maximum Gasteiger partial charge on any atom is 0.255 e. The van der Waals surface area contributed by atoms with Crippen molar-refractivity contribution in [2.24, 2.45) is 0 Å². The van der Waals surface area contributed by atoms with Gasteiger partial charge in [0.15, 0.2) is 0 Å². The Morgan fingerprint density at radius 3 is 2.66 bits per heavy atom. The topological polar surface area (TPSA) is 90.6 Å². The molecule has 8 nitrogen and oxygen atoms in total. The number of rotatable bonds is 5. The van der Waals surface area contributed by atoms with Gasteiger partial charge in [-0.25, -0.2) is 4.98 Å². The van der Waals surface area contributed by atoms with E-state index in [2.05, 4.69) is 20.2 Å². The van der Waals surface area contributed by atoms with Crippen LogP contribution in [0, 0.1) is 0 Å². The number of aromatic amines is 1. The van der Waals surface area contributed by atoms with Gasteiger partial charge in [0.1, 0.15) is 5.82 Å². The first-order valence-corrected chi connectivity index (χ1v) is 10.2. The highest BCUT2D eigenvalue weighted by molar-refractivity contribution is 5.94. The average molecular weight is 397 g/mol. The molecular weight excluding hydrogens is 370 g/mol. The van der Waals surface area contributed by atoms with Crippen molar-refractivity contribution in [2.45, 2.75) is 25.4 Å². The Morgan fingerprint density at radius 1 is 1.17 bits per heavy atom. The van der Waals surface area contributed by atoms with E-state index >= 15 is 0 Å². The van der Waals surface area contributed by atoms with Crippen molar-refractivity contribution < 1.29 is 9.53 Å². The van der Waals surface area contributed by atoms with Crippen molar-refractivity contribution in [1.82, 2.24) is 19.8 Å². The van der Waals surface area contributed by atoms with Crippen LogP contribution in [0.1, 0.15) is 28.8 Å². The highest BCUT2D eigenvalue weighted by Gasteiger charge is 2.28. The standard InChI is InChI=1S/C21H27N5O3/c27-20-16(2-1-7-22-20)14-23-19-4-3-17(15-24-19)21(28)26-8-5-18(6-9-26)25-10-12-29-13-11-25/h1-4,7,15,18H,5-6,8-14H2,(H,22,27)(H,23,24). The zero-order chi connectivity index (χ0) is 20.1. The Balaban J connectivity index is 1.29. The summed E-state index contributed by atoms with van der Waals surface area (Å²) in [5, 5.41) is 3.12. The van der Waals surface area contributed by atoms with Gasteiger partial charge in [-0.1, -0.05) is 6.07 Å². The van der Waals surface area contributed by atoms with Crippen LogP contribution in [0.4, 0.5) is 5.82 Å². The summed E-state index contributed by atoms with van der Waals surface area (Å²) in [6.45, 7) is 5.53. The van der Waals surface area contributed by atoms with E-state index < -0.39 is 0 Å². The number of nitrogens with zero attached hydrogens (tertiary/aromatic N) is 3. The summed E-state index contributed by atoms with van der Waals surface area (Å²) in [5.74, 6) is 0.666. The van der Waals surface area contributed by atoms with Gasteiger partial charge in [0.2, 0.25) is 0 Å². The number of aromatic nitrogens is 2. The molecule has 2 aliphatic rings. The molecule has 0 atom stereocenters. The number of amides is 1. The number of H-pyrrole nitrogens is 1. The molecule has 0 saturated carbocycles. The molecule has 0 unspecified atom stereocenters. The molecule has 2 aromatic heterocycles. The molecular formula is C21H27N5O3. The minimum atomic E-state index is -0.118. The lowest BCUT2D eigenvalue weighted by molar-refractivity contribution is 0.00158. The van der Waals surface area contributed by atoms with E-state index in [4.69, 9.17) is 4.74 Å². The van der Waals surface area contributed by atoms with Crippen LogP contribution in [0.3, 0.4) is 0 Å². The first-order valence-electron chi connectivity index (χ1n) is 10.2. The summed E-state index contributed by atoms with van der Waals surface area (Å²) in [5.41, 5.74) is 1.11. The summed E-state index contributed by atoms with van der Waals surface area (Å²) in [6, 6.07) is 7.68. The van der Waals surface area contributed by atoms with Crippen LogP contribution in [-0.2, 0) is 11.3 Å². The number of hydrogen-bond donors (Lipinski definition) is 2. The first-order chi connectivity index (χ1) is 14.2. The van der Waals surface area contributed by atoms with E-state index in [0.717, 1.165) is 52.2 Å². The molecule has 154 valence electrons. The second-order valence-corrected chi connectivity index (χ2v) is 7.48. The van der Waals surface area contributed by atoms with Crippen LogP contribution < -0.4 is 10.9 Å². The number of nitrogens with one attached hydrogen (secondary N) is 2. The highest BCUT2D eigenvalue weighted by Crippen LogP contribution is 2.19. The second kappa shape index (κ2) is 9.19. The second-order valence-electron chi connectivity index (χ2n) is 7.48. The van der Waals surface area contributed by atoms with E-state index in [1.165, 1.54) is 0 Å². The number of morpholine rings is 1. The maximum absolute atomic E-state index is 12.8. The molecule has 0 bridgehead atoms. The van der Waals surface area contributed by atoms with Crippen molar-refractivity contribution in [2.75, 3.05) is 44.7 Å². The molecule has 2 aromatic rings. The zero-order valence-corrected chi connectivity index (χ0v) is 16.5. The molecule has 2 aliphatic heterocycles. The van der Waals surface area contributed by atoms with Crippen molar-refractivity contribution >= 4 is 11.7 Å². The smallest absolute Gasteiger partial charge is 0.255 e. The number of piperidine rings is 1. The number of ether oxygens (including phenoxy) is 1. The third kappa shape index (κ3) is 4.83. The highest BCUT2D eigenvalue weighted by atomic mass is 16.5. The van der Waals surface area contributed by atoms with Crippen LogP contribution in [-0.4, -0.2) is 71.1 Å². The molecule has 2 saturated heterocycles. The lowest BCUT2D eigenvalue weighted by Gasteiger charge is -2.40. The fourth-order valence-corrected chi connectivity index (χ4v) is 3.97. The summed E-state index contributed by atoms with van der Waals surface area (Å²) in [7, 11) is 0. The lowest BCUT2D eigenvalue weighted by Crippen LogP contribution is -2.50. The molecule has 0 spiro atoms. The van der Waals surface area contributed by atoms with Crippen LogP contribution in [0.15, 0.2) is 41.5 Å². The SMILES string of the molecule is O=C(c1ccc(NCc2ccc[nH]c2=O)nc1)N1CCC(N2CCOCC2)CC1. The largest absolute Gasteiger partial charge is 0.379 e. The molecule has 0 aliphatic carbocycles. The molecule has 8 heteroatoms. The van der Waals surface area contributed by atoms with E-state index in [9.17, 15) is 9.59 Å². The Morgan fingerprint density at radius 2 is 1.97 bits per heavy atom. The molecule has 29 heavy (non-hydrogen) atoms. The quantitative estimate of drug-likeness (QED) is 0.791. The first kappa shape index (κ1) is 19.6. The van der Waals surface area contributed by atoms with Gasteiger partial charge in [0, 0.05) is 56.7 Å². The van der Waals surface area contributed by atoms with E-state index in [-0.39, 0.29) is 11.5 Å². The summed E-state index contributed by atoms with van der Waals surface area (Å²) >= 11 is 0. The maximum atomic E-state index is 12.8. The molecule has 4 rings (SSSR count). The number of pyridine rings is 2. The Labute approximate surface area is 169 Å². The van der Waals surface area contributed by atoms with Crippen LogP contribution in [0.25, 0.3) is 0 Å². The molecule has 2 N–H and O–H groups in total. The minimum Gasteiger partial charge on any atom is -0.379 e. The monoisotopic (exact) mass is 397 g/mol. The van der Waals surface area contributed by atoms with E-state index in [0.29, 0.717) is 29.5 Å². The van der Waals surface area contributed by atoms with Crippen molar-refractivity contribution in [3.05, 3.63) is 58.1 Å². The van der Waals surface area contributed by atoms with Gasteiger partial charge in [-0.15, -0.1) is 0 Å². The predicted octanol–water partition coefficient (Wildman–Crippen LogP) is 1.32. The Hall–Kier alpha value is -2.71. The molecule has 0 radical (unpaired) electrons. The van der Waals surface area contributed by atoms with Crippen LogP contribution >= 0.6 is 0 Å². The average Bonchev–Trinajstić information content (AvgIpc) is 2.79. The van der Waals surface area contributed by atoms with Gasteiger partial charge in [-0.2, -0.15) is 0 Å². The Kier molecular flexibility index (Phi) is 6.21. The predicted molar refractivity (Wildman–Crippen MR) is 110 cm³/mol. The number of likely N-dealkylation sites (tertiary alicyclic amines) is 1. The van der Waals surface area contributed by atoms with Gasteiger partial charge in [0.05, 0.1) is 18.8 Å². The molecule has 2 fully saturated rings. The van der Waals surface area contributed by atoms with Crippen LogP contribution in [0.5, 0.6) is 0 Å². The fourth-order valence-electron chi connectivity index (χ4n) is 3.97. The number of carbonyl (C=O) groups excluding carboxylic acids is 1. The van der Waals surface area contributed by atoms with E-state index in [1.807, 2.05) is 4.90 Å². The van der Waals surface area contributed by atoms with Crippen LogP contribution in [0.2, 0.25) is 0 Å². The molecule has 4 heterocycles. The third-order valence-electron chi connectivity index (χ3n) is 5.68. The van der Waals surface area contributed by atoms with Gasteiger partial charge in [0.25, 0.3) is 11.5 Å². The van der Waals surface area contributed by atoms with E-state index in [1.54, 1.807) is 36.7 Å². The number of hydrogen-bond acceptors (Lipinski definition) is 6. The van der Waals surface area contributed by atoms with Crippen molar-refractivity contribution in [3.63, 3.8) is 0 Å². The lowest BCUT2D eigenvalue weighted by atomic mass is 10.0. The third-order valence-corrected chi connectivity index (χ3v) is 5.68.